The van der Waals surface area contributed by atoms with Crippen molar-refractivity contribution in [1.29, 1.82) is 0 Å². The monoisotopic (exact) mass is 274 g/mol. The Morgan fingerprint density at radius 3 is 2.93 bits per heavy atom. The molecule has 0 atom stereocenters. The van der Waals surface area contributed by atoms with Crippen LogP contribution in [0, 0.1) is 4.64 Å². The van der Waals surface area contributed by atoms with Gasteiger partial charge in [0.1, 0.15) is 10.5 Å². The third-order valence-corrected chi connectivity index (χ3v) is 3.62. The summed E-state index contributed by atoms with van der Waals surface area (Å²) in [6.45, 7) is 0.534. The highest BCUT2D eigenvalue weighted by Gasteiger charge is 2.26. The van der Waals surface area contributed by atoms with Crippen molar-refractivity contribution in [3.05, 3.63) is 20.6 Å². The maximum Gasteiger partial charge on any atom is 0.144 e. The van der Waals surface area contributed by atoms with E-state index in [1.54, 1.807) is 7.11 Å². The number of hydrogen-bond donors (Lipinski definition) is 1. The molecule has 0 unspecified atom stereocenters. The molecule has 0 aliphatic heterocycles. The second-order valence-corrected chi connectivity index (χ2v) is 4.61. The lowest BCUT2D eigenvalue weighted by Crippen LogP contribution is -2.01. The van der Waals surface area contributed by atoms with E-state index in [2.05, 4.69) is 25.9 Å². The molecular weight excluding hydrogens is 264 g/mol. The minimum absolute atomic E-state index is 0.534. The van der Waals surface area contributed by atoms with Gasteiger partial charge in [-0.15, -0.1) is 0 Å². The van der Waals surface area contributed by atoms with Gasteiger partial charge >= 0.3 is 0 Å². The summed E-state index contributed by atoms with van der Waals surface area (Å²) in [5, 5.41) is 0. The van der Waals surface area contributed by atoms with E-state index in [1.165, 1.54) is 12.8 Å². The Morgan fingerprint density at radius 2 is 2.36 bits per heavy atom. The van der Waals surface area contributed by atoms with E-state index in [4.69, 9.17) is 17.0 Å². The number of aromatic nitrogens is 2. The van der Waals surface area contributed by atoms with Crippen molar-refractivity contribution in [2.24, 2.45) is 0 Å². The molecule has 0 spiro atoms. The fourth-order valence-corrected chi connectivity index (χ4v) is 1.84. The minimum Gasteiger partial charge on any atom is -0.378 e. The Kier molecular flexibility index (Phi) is 2.99. The molecule has 1 aromatic rings. The van der Waals surface area contributed by atoms with E-state index in [1.807, 2.05) is 0 Å². The van der Waals surface area contributed by atoms with E-state index in [0.717, 1.165) is 16.0 Å². The van der Waals surface area contributed by atoms with Crippen molar-refractivity contribution in [2.75, 3.05) is 7.11 Å². The first kappa shape index (κ1) is 10.3. The quantitative estimate of drug-likeness (QED) is 0.862. The van der Waals surface area contributed by atoms with Crippen LogP contribution < -0.4 is 0 Å². The van der Waals surface area contributed by atoms with Crippen molar-refractivity contribution >= 4 is 28.1 Å². The van der Waals surface area contributed by atoms with Gasteiger partial charge in [-0.25, -0.2) is 4.98 Å². The molecule has 1 fully saturated rings. The zero-order valence-electron chi connectivity index (χ0n) is 7.84. The highest BCUT2D eigenvalue weighted by atomic mass is 79.9. The second-order valence-electron chi connectivity index (χ2n) is 3.43. The summed E-state index contributed by atoms with van der Waals surface area (Å²) in [7, 11) is 1.67. The van der Waals surface area contributed by atoms with Crippen LogP contribution in [-0.4, -0.2) is 17.1 Å². The number of halogens is 1. The second kappa shape index (κ2) is 4.08. The number of ether oxygens (including phenoxy) is 1. The molecular formula is C9H11BrN2OS. The smallest absolute Gasteiger partial charge is 0.144 e. The molecule has 1 aliphatic rings. The van der Waals surface area contributed by atoms with Crippen LogP contribution in [0.4, 0.5) is 0 Å². The summed E-state index contributed by atoms with van der Waals surface area (Å²) in [5.41, 5.74) is 0.981. The van der Waals surface area contributed by atoms with Crippen LogP contribution in [0.2, 0.25) is 0 Å². The number of H-pyrrole nitrogens is 1. The van der Waals surface area contributed by atoms with Crippen molar-refractivity contribution in [2.45, 2.75) is 25.4 Å². The van der Waals surface area contributed by atoms with Crippen LogP contribution in [0.25, 0.3) is 0 Å². The molecule has 0 radical (unpaired) electrons. The summed E-state index contributed by atoms with van der Waals surface area (Å²) in [6.07, 6.45) is 2.43. The lowest BCUT2D eigenvalue weighted by atomic mass is 10.3. The largest absolute Gasteiger partial charge is 0.378 e. The van der Waals surface area contributed by atoms with Gasteiger partial charge in [-0.2, -0.15) is 0 Å². The Balaban J connectivity index is 2.41. The molecule has 1 aromatic heterocycles. The number of hydrogen-bond acceptors (Lipinski definition) is 3. The molecule has 1 heterocycles. The van der Waals surface area contributed by atoms with E-state index in [-0.39, 0.29) is 0 Å². The molecule has 14 heavy (non-hydrogen) atoms. The van der Waals surface area contributed by atoms with Gasteiger partial charge in [0.2, 0.25) is 0 Å². The zero-order valence-corrected chi connectivity index (χ0v) is 10.2. The van der Waals surface area contributed by atoms with Crippen LogP contribution in [0.15, 0.2) is 4.47 Å². The summed E-state index contributed by atoms with van der Waals surface area (Å²) >= 11 is 8.56. The zero-order chi connectivity index (χ0) is 10.1. The van der Waals surface area contributed by atoms with Crippen LogP contribution in [0.1, 0.15) is 30.3 Å². The molecule has 5 heteroatoms. The van der Waals surface area contributed by atoms with E-state index >= 15 is 0 Å². The first-order valence-electron chi connectivity index (χ1n) is 4.50. The van der Waals surface area contributed by atoms with Crippen molar-refractivity contribution in [1.82, 2.24) is 9.97 Å². The Hall–Kier alpha value is -0.260. The number of methoxy groups -OCH3 is 1. The lowest BCUT2D eigenvalue weighted by molar-refractivity contribution is 0.180. The normalized spacial score (nSPS) is 15.9. The SMILES string of the molecule is COCc1[nH]c(C2CC2)nc(=S)c1Br. The molecule has 0 amide bonds. The van der Waals surface area contributed by atoms with Gasteiger partial charge in [0, 0.05) is 13.0 Å². The molecule has 1 aliphatic carbocycles. The van der Waals surface area contributed by atoms with Crippen molar-refractivity contribution < 1.29 is 4.74 Å². The lowest BCUT2D eigenvalue weighted by Gasteiger charge is -2.06. The van der Waals surface area contributed by atoms with E-state index in [9.17, 15) is 0 Å². The average molecular weight is 275 g/mol. The minimum atomic E-state index is 0.534. The molecule has 0 aromatic carbocycles. The maximum atomic E-state index is 5.16. The fourth-order valence-electron chi connectivity index (χ4n) is 1.32. The first-order valence-corrected chi connectivity index (χ1v) is 5.70. The van der Waals surface area contributed by atoms with Gasteiger partial charge in [0.05, 0.1) is 16.8 Å². The number of nitrogens with zero attached hydrogens (tertiary/aromatic N) is 1. The molecule has 76 valence electrons. The number of aromatic amines is 1. The highest BCUT2D eigenvalue weighted by molar-refractivity contribution is 9.10. The van der Waals surface area contributed by atoms with Crippen LogP contribution in [0.5, 0.6) is 0 Å². The standard InChI is InChI=1S/C9H11BrN2OS/c1-13-4-6-7(10)9(14)12-8(11-6)5-2-3-5/h5H,2-4H2,1H3,(H,11,12,14). The summed E-state index contributed by atoms with van der Waals surface area (Å²) < 4.78 is 6.55. The molecule has 1 N–H and O–H groups in total. The van der Waals surface area contributed by atoms with Crippen molar-refractivity contribution in [3.63, 3.8) is 0 Å². The summed E-state index contributed by atoms with van der Waals surface area (Å²) in [5.74, 6) is 1.59. The van der Waals surface area contributed by atoms with Crippen molar-refractivity contribution in [3.8, 4) is 0 Å². The molecule has 3 nitrogen and oxygen atoms in total. The first-order chi connectivity index (χ1) is 6.72. The van der Waals surface area contributed by atoms with Gasteiger partial charge in [0.25, 0.3) is 0 Å². The van der Waals surface area contributed by atoms with Gasteiger partial charge in [-0.3, -0.25) is 0 Å². The van der Waals surface area contributed by atoms with Crippen LogP contribution in [-0.2, 0) is 11.3 Å². The average Bonchev–Trinajstić information content (AvgIpc) is 2.96. The van der Waals surface area contributed by atoms with Crippen LogP contribution in [0.3, 0.4) is 0 Å². The predicted molar refractivity (Wildman–Crippen MR) is 59.8 cm³/mol. The van der Waals surface area contributed by atoms with Gasteiger partial charge in [-0.1, -0.05) is 12.2 Å². The predicted octanol–water partition coefficient (Wildman–Crippen LogP) is 2.93. The molecule has 0 saturated heterocycles. The topological polar surface area (TPSA) is 37.9 Å². The molecule has 0 bridgehead atoms. The van der Waals surface area contributed by atoms with Crippen LogP contribution >= 0.6 is 28.1 Å². The Labute approximate surface area is 96.0 Å². The summed E-state index contributed by atoms with van der Waals surface area (Å²) in [6, 6.07) is 0. The molecule has 2 rings (SSSR count). The van der Waals surface area contributed by atoms with Gasteiger partial charge in [0.15, 0.2) is 0 Å². The number of nitrogens with one attached hydrogen (secondary N) is 1. The van der Waals surface area contributed by atoms with Gasteiger partial charge in [-0.05, 0) is 28.8 Å². The number of rotatable bonds is 3. The highest BCUT2D eigenvalue weighted by Crippen LogP contribution is 2.38. The maximum absolute atomic E-state index is 5.16. The summed E-state index contributed by atoms with van der Waals surface area (Å²) in [4.78, 5) is 7.60. The molecule has 1 saturated carbocycles. The third kappa shape index (κ3) is 2.04. The third-order valence-electron chi connectivity index (χ3n) is 2.21. The Bertz CT molecular complexity index is 400. The Morgan fingerprint density at radius 1 is 1.64 bits per heavy atom. The fraction of sp³-hybridized carbons (Fsp3) is 0.556. The van der Waals surface area contributed by atoms with E-state index in [0.29, 0.717) is 17.2 Å². The van der Waals surface area contributed by atoms with E-state index < -0.39 is 0 Å². The van der Waals surface area contributed by atoms with Gasteiger partial charge < -0.3 is 9.72 Å².